The largest absolute Gasteiger partial charge is 0.356 e. The predicted molar refractivity (Wildman–Crippen MR) is 96.6 cm³/mol. The number of aromatic nitrogens is 1. The van der Waals surface area contributed by atoms with Crippen LogP contribution in [0.3, 0.4) is 0 Å². The van der Waals surface area contributed by atoms with E-state index in [0.717, 1.165) is 49.9 Å². The summed E-state index contributed by atoms with van der Waals surface area (Å²) in [7, 11) is 1.78. The minimum absolute atomic E-state index is 0.128. The highest BCUT2D eigenvalue weighted by Crippen LogP contribution is 2.30. The quantitative estimate of drug-likeness (QED) is 0.412. The van der Waals surface area contributed by atoms with Crippen molar-refractivity contribution < 1.29 is 9.59 Å². The van der Waals surface area contributed by atoms with Crippen LogP contribution in [0.2, 0.25) is 0 Å². The zero-order valence-corrected chi connectivity index (χ0v) is 15.4. The fourth-order valence-electron chi connectivity index (χ4n) is 3.50. The van der Waals surface area contributed by atoms with Gasteiger partial charge in [-0.05, 0) is 25.7 Å². The highest BCUT2D eigenvalue weighted by Gasteiger charge is 2.48. The summed E-state index contributed by atoms with van der Waals surface area (Å²) in [6.45, 7) is 4.21. The van der Waals surface area contributed by atoms with E-state index in [1.807, 2.05) is 18.5 Å². The van der Waals surface area contributed by atoms with Gasteiger partial charge in [0.25, 0.3) is 5.91 Å². The molecule has 2 saturated heterocycles. The Morgan fingerprint density at radius 3 is 2.80 bits per heavy atom. The van der Waals surface area contributed by atoms with Gasteiger partial charge in [-0.25, -0.2) is 9.78 Å². The average molecular weight is 364 g/mol. The highest BCUT2D eigenvalue weighted by molar-refractivity contribution is 7.09. The molecule has 3 heterocycles. The molecular weight excluding hydrogens is 340 g/mol. The second kappa shape index (κ2) is 7.38. The normalized spacial score (nSPS) is 25.0. The first-order valence-corrected chi connectivity index (χ1v) is 9.38. The van der Waals surface area contributed by atoms with Crippen LogP contribution in [0.25, 0.3) is 0 Å². The minimum atomic E-state index is -0.801. The molecule has 0 bridgehead atoms. The van der Waals surface area contributed by atoms with E-state index in [0.29, 0.717) is 0 Å². The van der Waals surface area contributed by atoms with Crippen molar-refractivity contribution in [3.63, 3.8) is 0 Å². The number of thiazole rings is 1. The molecule has 2 fully saturated rings. The molecule has 1 atom stereocenters. The maximum atomic E-state index is 12.1. The van der Waals surface area contributed by atoms with Gasteiger partial charge in [0.15, 0.2) is 5.96 Å². The molecule has 0 aromatic carbocycles. The lowest BCUT2D eigenvalue weighted by Gasteiger charge is -2.39. The maximum Gasteiger partial charge on any atom is 0.322 e. The van der Waals surface area contributed by atoms with Crippen LogP contribution in [-0.4, -0.2) is 60.0 Å². The number of hydrogen-bond acceptors (Lipinski definition) is 5. The third-order valence-electron chi connectivity index (χ3n) is 5.00. The van der Waals surface area contributed by atoms with Gasteiger partial charge in [0.1, 0.15) is 5.54 Å². The Morgan fingerprint density at radius 2 is 2.24 bits per heavy atom. The van der Waals surface area contributed by atoms with Gasteiger partial charge in [-0.3, -0.25) is 15.1 Å². The molecule has 1 unspecified atom stereocenters. The monoisotopic (exact) mass is 364 g/mol. The molecule has 25 heavy (non-hydrogen) atoms. The number of likely N-dealkylation sites (tertiary alicyclic amines) is 1. The number of guanidine groups is 1. The first-order chi connectivity index (χ1) is 12.0. The zero-order chi connectivity index (χ0) is 17.9. The molecule has 2 aliphatic rings. The van der Waals surface area contributed by atoms with Crippen molar-refractivity contribution in [1.29, 1.82) is 0 Å². The van der Waals surface area contributed by atoms with Gasteiger partial charge in [-0.2, -0.15) is 0 Å². The molecule has 0 aliphatic carbocycles. The van der Waals surface area contributed by atoms with Gasteiger partial charge in [0, 0.05) is 44.7 Å². The van der Waals surface area contributed by atoms with Gasteiger partial charge in [0.05, 0.1) is 5.01 Å². The molecule has 0 spiro atoms. The first-order valence-electron chi connectivity index (χ1n) is 8.50. The van der Waals surface area contributed by atoms with Crippen molar-refractivity contribution in [2.24, 2.45) is 10.9 Å². The average Bonchev–Trinajstić information content (AvgIpc) is 3.20. The zero-order valence-electron chi connectivity index (χ0n) is 14.5. The summed E-state index contributed by atoms with van der Waals surface area (Å²) in [5.74, 6) is 0.783. The Morgan fingerprint density at radius 1 is 1.48 bits per heavy atom. The Hall–Kier alpha value is -2.16. The van der Waals surface area contributed by atoms with E-state index >= 15 is 0 Å². The van der Waals surface area contributed by atoms with E-state index < -0.39 is 11.6 Å². The van der Waals surface area contributed by atoms with Crippen molar-refractivity contribution in [2.75, 3.05) is 26.7 Å². The molecule has 3 N–H and O–H groups in total. The number of carbonyl (C=O) groups is 2. The van der Waals surface area contributed by atoms with Crippen LogP contribution < -0.4 is 16.0 Å². The SMILES string of the molecule is CN=C(NCCc1nccs1)N1CCC(C2(C)NC(=O)NC2=O)CC1. The topological polar surface area (TPSA) is 98.7 Å². The summed E-state index contributed by atoms with van der Waals surface area (Å²) >= 11 is 1.66. The molecule has 3 amide bonds. The summed E-state index contributed by atoms with van der Waals surface area (Å²) in [5, 5.41) is 11.6. The van der Waals surface area contributed by atoms with Crippen LogP contribution in [0.5, 0.6) is 0 Å². The van der Waals surface area contributed by atoms with Gasteiger partial charge < -0.3 is 15.5 Å². The number of carbonyl (C=O) groups excluding carboxylic acids is 2. The Bertz CT molecular complexity index is 654. The summed E-state index contributed by atoms with van der Waals surface area (Å²) in [6, 6.07) is -0.394. The van der Waals surface area contributed by atoms with Crippen LogP contribution in [-0.2, 0) is 11.2 Å². The third kappa shape index (κ3) is 3.76. The van der Waals surface area contributed by atoms with E-state index in [9.17, 15) is 9.59 Å². The third-order valence-corrected chi connectivity index (χ3v) is 5.84. The molecule has 0 saturated carbocycles. The summed E-state index contributed by atoms with van der Waals surface area (Å²) in [5.41, 5.74) is -0.801. The fourth-order valence-corrected chi connectivity index (χ4v) is 4.12. The molecular formula is C16H24N6O2S. The highest BCUT2D eigenvalue weighted by atomic mass is 32.1. The van der Waals surface area contributed by atoms with E-state index in [4.69, 9.17) is 0 Å². The van der Waals surface area contributed by atoms with E-state index in [-0.39, 0.29) is 11.8 Å². The van der Waals surface area contributed by atoms with Gasteiger partial charge in [0.2, 0.25) is 0 Å². The number of nitrogens with one attached hydrogen (secondary N) is 3. The number of rotatable bonds is 4. The lowest BCUT2D eigenvalue weighted by Crippen LogP contribution is -2.55. The van der Waals surface area contributed by atoms with Crippen molar-refractivity contribution in [3.05, 3.63) is 16.6 Å². The molecule has 3 rings (SSSR count). The molecule has 8 nitrogen and oxygen atoms in total. The van der Waals surface area contributed by atoms with Crippen LogP contribution in [0, 0.1) is 5.92 Å². The minimum Gasteiger partial charge on any atom is -0.356 e. The van der Waals surface area contributed by atoms with E-state index in [1.165, 1.54) is 0 Å². The summed E-state index contributed by atoms with van der Waals surface area (Å²) < 4.78 is 0. The van der Waals surface area contributed by atoms with E-state index in [1.54, 1.807) is 18.4 Å². The Labute approximate surface area is 151 Å². The van der Waals surface area contributed by atoms with Crippen molar-refractivity contribution in [1.82, 2.24) is 25.8 Å². The summed E-state index contributed by atoms with van der Waals surface area (Å²) in [4.78, 5) is 34.4. The lowest BCUT2D eigenvalue weighted by molar-refractivity contribution is -0.125. The standard InChI is InChI=1S/C16H24N6O2S/c1-16(13(23)20-15(24)21-16)11-4-8-22(9-5-11)14(17-2)19-6-3-12-18-7-10-25-12/h7,10-11H,3-6,8-9H2,1-2H3,(H,17,19)(H2,20,21,23,24). The predicted octanol–water partition coefficient (Wildman–Crippen LogP) is 0.571. The second-order valence-electron chi connectivity index (χ2n) is 6.52. The van der Waals surface area contributed by atoms with Crippen molar-refractivity contribution >= 4 is 29.2 Å². The number of nitrogens with zero attached hydrogens (tertiary/aromatic N) is 3. The number of aliphatic imine (C=N–C) groups is 1. The number of piperidine rings is 1. The number of urea groups is 1. The molecule has 9 heteroatoms. The lowest BCUT2D eigenvalue weighted by atomic mass is 9.79. The van der Waals surface area contributed by atoms with Crippen molar-refractivity contribution in [3.8, 4) is 0 Å². The molecule has 136 valence electrons. The molecule has 1 aromatic heterocycles. The number of hydrogen-bond donors (Lipinski definition) is 3. The van der Waals surface area contributed by atoms with E-state index in [2.05, 4.69) is 30.8 Å². The summed E-state index contributed by atoms with van der Waals surface area (Å²) in [6.07, 6.45) is 4.35. The first kappa shape index (κ1) is 17.7. The van der Waals surface area contributed by atoms with Crippen LogP contribution >= 0.6 is 11.3 Å². The van der Waals surface area contributed by atoms with Crippen LogP contribution in [0.4, 0.5) is 4.79 Å². The second-order valence-corrected chi connectivity index (χ2v) is 7.50. The fraction of sp³-hybridized carbons (Fsp3) is 0.625. The molecule has 2 aliphatic heterocycles. The maximum absolute atomic E-state index is 12.1. The smallest absolute Gasteiger partial charge is 0.322 e. The Kier molecular flexibility index (Phi) is 5.22. The Balaban J connectivity index is 1.50. The van der Waals surface area contributed by atoms with Crippen LogP contribution in [0.1, 0.15) is 24.8 Å². The molecule has 0 radical (unpaired) electrons. The molecule has 1 aromatic rings. The van der Waals surface area contributed by atoms with Crippen LogP contribution in [0.15, 0.2) is 16.6 Å². The van der Waals surface area contributed by atoms with Gasteiger partial charge in [-0.15, -0.1) is 11.3 Å². The number of imide groups is 1. The van der Waals surface area contributed by atoms with Gasteiger partial charge >= 0.3 is 6.03 Å². The van der Waals surface area contributed by atoms with Gasteiger partial charge in [-0.1, -0.05) is 0 Å². The number of amides is 3. The van der Waals surface area contributed by atoms with Crippen molar-refractivity contribution in [2.45, 2.75) is 31.7 Å².